The van der Waals surface area contributed by atoms with Gasteiger partial charge in [0.2, 0.25) is 0 Å². The number of ether oxygens (including phenoxy) is 2. The predicted molar refractivity (Wildman–Crippen MR) is 104 cm³/mol. The van der Waals surface area contributed by atoms with Crippen LogP contribution in [0.2, 0.25) is 0 Å². The van der Waals surface area contributed by atoms with Crippen molar-refractivity contribution in [2.45, 2.75) is 6.92 Å². The van der Waals surface area contributed by atoms with Crippen LogP contribution in [0.25, 0.3) is 17.0 Å². The smallest absolute Gasteiger partial charge is 0.330 e. The van der Waals surface area contributed by atoms with Gasteiger partial charge in [-0.3, -0.25) is 4.98 Å². The van der Waals surface area contributed by atoms with Gasteiger partial charge in [0.1, 0.15) is 16.4 Å². The highest BCUT2D eigenvalue weighted by molar-refractivity contribution is 7.80. The van der Waals surface area contributed by atoms with Crippen molar-refractivity contribution in [3.05, 3.63) is 59.8 Å². The zero-order valence-corrected chi connectivity index (χ0v) is 15.2. The molecule has 6 nitrogen and oxygen atoms in total. The van der Waals surface area contributed by atoms with Gasteiger partial charge >= 0.3 is 5.97 Å². The van der Waals surface area contributed by atoms with E-state index in [-0.39, 0.29) is 17.3 Å². The Morgan fingerprint density at radius 1 is 1.41 bits per heavy atom. The molecule has 8 heteroatoms. The number of H-pyrrole nitrogens is 1. The number of nitrogens with one attached hydrogen (secondary N) is 1. The Kier molecular flexibility index (Phi) is 5.46. The second-order valence-electron chi connectivity index (χ2n) is 5.47. The zero-order chi connectivity index (χ0) is 19.4. The fourth-order valence-electron chi connectivity index (χ4n) is 2.52. The molecule has 0 amide bonds. The molecule has 0 bridgehead atoms. The fourth-order valence-corrected chi connectivity index (χ4v) is 2.63. The maximum Gasteiger partial charge on any atom is 0.330 e. The van der Waals surface area contributed by atoms with Crippen molar-refractivity contribution in [2.24, 2.45) is 5.73 Å². The number of nitrogens with two attached hydrogens (primary N) is 1. The third-order valence-electron chi connectivity index (χ3n) is 3.68. The number of hydrogen-bond donors (Lipinski definition) is 2. The highest BCUT2D eigenvalue weighted by atomic mass is 32.1. The zero-order valence-electron chi connectivity index (χ0n) is 14.4. The monoisotopic (exact) mass is 385 g/mol. The Morgan fingerprint density at radius 2 is 2.22 bits per heavy atom. The first-order chi connectivity index (χ1) is 13.0. The lowest BCUT2D eigenvalue weighted by Gasteiger charge is -2.12. The minimum atomic E-state index is -0.595. The van der Waals surface area contributed by atoms with Crippen LogP contribution in [-0.2, 0) is 9.53 Å². The number of rotatable bonds is 6. The van der Waals surface area contributed by atoms with Gasteiger partial charge in [0, 0.05) is 47.1 Å². The quantitative estimate of drug-likeness (QED) is 0.382. The third-order valence-corrected chi connectivity index (χ3v) is 3.89. The number of carbonyl (C=O) groups is 1. The first-order valence-corrected chi connectivity index (χ1v) is 8.48. The summed E-state index contributed by atoms with van der Waals surface area (Å²) in [6.45, 7) is 1.95. The molecule has 0 saturated carbocycles. The van der Waals surface area contributed by atoms with Gasteiger partial charge < -0.3 is 20.2 Å². The number of nitrogens with zero attached hydrogens (tertiary/aromatic N) is 1. The molecule has 3 N–H and O–H groups in total. The molecule has 0 aliphatic rings. The average molecular weight is 385 g/mol. The number of benzene rings is 1. The van der Waals surface area contributed by atoms with Gasteiger partial charge in [0.15, 0.2) is 11.6 Å². The Morgan fingerprint density at radius 3 is 2.96 bits per heavy atom. The minimum Gasteiger partial charge on any atom is -0.463 e. The summed E-state index contributed by atoms with van der Waals surface area (Å²) < 4.78 is 25.4. The number of carbonyl (C=O) groups excluding carboxylic acids is 1. The van der Waals surface area contributed by atoms with E-state index in [9.17, 15) is 9.18 Å². The van der Waals surface area contributed by atoms with Crippen LogP contribution < -0.4 is 10.5 Å². The van der Waals surface area contributed by atoms with E-state index >= 15 is 0 Å². The molecule has 0 radical (unpaired) electrons. The second kappa shape index (κ2) is 7.96. The minimum absolute atomic E-state index is 0.0391. The van der Waals surface area contributed by atoms with Crippen LogP contribution in [0.4, 0.5) is 4.39 Å². The van der Waals surface area contributed by atoms with E-state index in [2.05, 4.69) is 9.97 Å². The molecule has 0 atom stereocenters. The van der Waals surface area contributed by atoms with Crippen molar-refractivity contribution in [3.8, 4) is 11.5 Å². The fraction of sp³-hybridized carbons (Fsp3) is 0.105. The molecule has 3 aromatic rings. The third kappa shape index (κ3) is 4.12. The predicted octanol–water partition coefficient (Wildman–Crippen LogP) is 3.70. The van der Waals surface area contributed by atoms with E-state index in [4.69, 9.17) is 27.4 Å². The lowest BCUT2D eigenvalue weighted by molar-refractivity contribution is -0.137. The van der Waals surface area contributed by atoms with Gasteiger partial charge in [-0.2, -0.15) is 0 Å². The van der Waals surface area contributed by atoms with E-state index in [0.717, 1.165) is 0 Å². The van der Waals surface area contributed by atoms with Gasteiger partial charge in [-0.05, 0) is 25.1 Å². The summed E-state index contributed by atoms with van der Waals surface area (Å²) in [4.78, 5) is 18.7. The lowest BCUT2D eigenvalue weighted by Crippen LogP contribution is -2.11. The molecule has 0 saturated heterocycles. The van der Waals surface area contributed by atoms with Crippen LogP contribution in [0, 0.1) is 5.82 Å². The summed E-state index contributed by atoms with van der Waals surface area (Å²) in [5, 5.41) is 0.690. The summed E-state index contributed by atoms with van der Waals surface area (Å²) in [6.07, 6.45) is 5.82. The van der Waals surface area contributed by atoms with Crippen LogP contribution in [0.1, 0.15) is 18.2 Å². The van der Waals surface area contributed by atoms with Gasteiger partial charge in [-0.25, -0.2) is 9.18 Å². The van der Waals surface area contributed by atoms with Crippen molar-refractivity contribution >= 4 is 40.2 Å². The van der Waals surface area contributed by atoms with Crippen LogP contribution in [0.5, 0.6) is 11.5 Å². The topological polar surface area (TPSA) is 90.2 Å². The molecule has 138 valence electrons. The van der Waals surface area contributed by atoms with Gasteiger partial charge in [0.25, 0.3) is 0 Å². The van der Waals surface area contributed by atoms with E-state index in [1.807, 2.05) is 0 Å². The number of aromatic nitrogens is 2. The maximum absolute atomic E-state index is 14.7. The van der Waals surface area contributed by atoms with Crippen molar-refractivity contribution in [1.82, 2.24) is 9.97 Å². The number of pyridine rings is 1. The SMILES string of the molecule is CCOC(=O)/C=C/c1c(Oc2ccnc(C(N)=S)c2)c(F)cc2[nH]ccc12. The summed E-state index contributed by atoms with van der Waals surface area (Å²) in [7, 11) is 0. The van der Waals surface area contributed by atoms with Crippen LogP contribution in [-0.4, -0.2) is 27.5 Å². The van der Waals surface area contributed by atoms with Crippen LogP contribution in [0.15, 0.2) is 42.7 Å². The Hall–Kier alpha value is -3.26. The maximum atomic E-state index is 14.7. The largest absolute Gasteiger partial charge is 0.463 e. The second-order valence-corrected chi connectivity index (χ2v) is 5.91. The van der Waals surface area contributed by atoms with E-state index in [1.165, 1.54) is 30.5 Å². The van der Waals surface area contributed by atoms with Crippen molar-refractivity contribution in [2.75, 3.05) is 6.61 Å². The van der Waals surface area contributed by atoms with Crippen LogP contribution >= 0.6 is 12.2 Å². The molecule has 3 rings (SSSR count). The molecule has 1 aromatic carbocycles. The highest BCUT2D eigenvalue weighted by Gasteiger charge is 2.16. The van der Waals surface area contributed by atoms with Gasteiger partial charge in [-0.15, -0.1) is 0 Å². The Labute approximate surface area is 159 Å². The Bertz CT molecular complexity index is 1050. The molecule has 0 aliphatic carbocycles. The van der Waals surface area contributed by atoms with Crippen LogP contribution in [0.3, 0.4) is 0 Å². The standard InChI is InChI=1S/C19H16FN3O3S/c1-2-25-17(24)4-3-13-12-6-8-22-15(12)10-14(20)18(13)26-11-5-7-23-16(9-11)19(21)27/h3-10,22H,2H2,1H3,(H2,21,27)/b4-3+. The average Bonchev–Trinajstić information content (AvgIpc) is 3.10. The van der Waals surface area contributed by atoms with Crippen molar-refractivity contribution in [3.63, 3.8) is 0 Å². The summed E-state index contributed by atoms with van der Waals surface area (Å²) >= 11 is 4.90. The summed E-state index contributed by atoms with van der Waals surface area (Å²) in [5.41, 5.74) is 6.90. The molecule has 0 spiro atoms. The molecule has 0 unspecified atom stereocenters. The summed E-state index contributed by atoms with van der Waals surface area (Å²) in [6, 6.07) is 6.16. The first-order valence-electron chi connectivity index (χ1n) is 8.07. The Balaban J connectivity index is 2.07. The molecule has 27 heavy (non-hydrogen) atoms. The molecule has 2 heterocycles. The van der Waals surface area contributed by atoms with Crippen molar-refractivity contribution in [1.29, 1.82) is 0 Å². The van der Waals surface area contributed by atoms with Gasteiger partial charge in [-0.1, -0.05) is 12.2 Å². The number of halogens is 1. The normalized spacial score (nSPS) is 11.0. The number of fused-ring (bicyclic) bond motifs is 1. The number of thiocarbonyl (C=S) groups is 1. The number of hydrogen-bond acceptors (Lipinski definition) is 5. The van der Waals surface area contributed by atoms with E-state index in [0.29, 0.717) is 27.9 Å². The van der Waals surface area contributed by atoms with Gasteiger partial charge in [0.05, 0.1) is 6.61 Å². The number of aromatic amines is 1. The lowest BCUT2D eigenvalue weighted by atomic mass is 10.1. The van der Waals surface area contributed by atoms with Crippen molar-refractivity contribution < 1.29 is 18.7 Å². The number of esters is 1. The van der Waals surface area contributed by atoms with E-state index in [1.54, 1.807) is 25.3 Å². The highest BCUT2D eigenvalue weighted by Crippen LogP contribution is 2.35. The molecule has 0 fully saturated rings. The van der Waals surface area contributed by atoms with E-state index < -0.39 is 11.8 Å². The molecule has 0 aliphatic heterocycles. The molecule has 2 aromatic heterocycles. The first kappa shape index (κ1) is 18.5. The summed E-state index contributed by atoms with van der Waals surface area (Å²) in [5.74, 6) is -0.853. The molecular formula is C19H16FN3O3S. The molecular weight excluding hydrogens is 369 g/mol.